The normalized spacial score (nSPS) is 13.9. The standard InChI is InChI=1S/C21H19Cl2N3OS/c22-16-7-4-8-17(23)15(16)11-20(27)25-21-24-18-9-10-26(13-19(18)28-21)12-14-5-2-1-3-6-14/h1-8H,9-13H2,(H,24,25,27). The van der Waals surface area contributed by atoms with Crippen molar-refractivity contribution in [1.82, 2.24) is 9.88 Å². The zero-order chi connectivity index (χ0) is 19.5. The van der Waals surface area contributed by atoms with Crippen LogP contribution in [0.4, 0.5) is 5.13 Å². The van der Waals surface area contributed by atoms with E-state index in [1.165, 1.54) is 10.4 Å². The SMILES string of the molecule is O=C(Cc1c(Cl)cccc1Cl)Nc1nc2c(s1)CN(Cc1ccccc1)CC2. The van der Waals surface area contributed by atoms with Crippen LogP contribution in [-0.4, -0.2) is 22.3 Å². The van der Waals surface area contributed by atoms with Gasteiger partial charge in [-0.1, -0.05) is 59.6 Å². The molecule has 3 aromatic rings. The first-order chi connectivity index (χ1) is 13.6. The summed E-state index contributed by atoms with van der Waals surface area (Å²) in [5, 5.41) is 4.53. The molecular weight excluding hydrogens is 413 g/mol. The Bertz CT molecular complexity index is 970. The van der Waals surface area contributed by atoms with Crippen LogP contribution in [0, 0.1) is 0 Å². The molecule has 1 amide bonds. The summed E-state index contributed by atoms with van der Waals surface area (Å²) in [6, 6.07) is 15.7. The van der Waals surface area contributed by atoms with Gasteiger partial charge in [-0.05, 0) is 23.3 Å². The number of nitrogens with zero attached hydrogens (tertiary/aromatic N) is 2. The van der Waals surface area contributed by atoms with Gasteiger partial charge < -0.3 is 5.32 Å². The van der Waals surface area contributed by atoms with E-state index in [-0.39, 0.29) is 12.3 Å². The van der Waals surface area contributed by atoms with Crippen LogP contribution in [0.5, 0.6) is 0 Å². The Kier molecular flexibility index (Phi) is 5.97. The first kappa shape index (κ1) is 19.4. The van der Waals surface area contributed by atoms with E-state index in [4.69, 9.17) is 23.2 Å². The smallest absolute Gasteiger partial charge is 0.230 e. The number of anilines is 1. The minimum absolute atomic E-state index is 0.128. The molecule has 0 bridgehead atoms. The van der Waals surface area contributed by atoms with Gasteiger partial charge in [0.05, 0.1) is 12.1 Å². The largest absolute Gasteiger partial charge is 0.302 e. The van der Waals surface area contributed by atoms with Crippen molar-refractivity contribution < 1.29 is 4.79 Å². The Morgan fingerprint density at radius 1 is 1.11 bits per heavy atom. The number of benzene rings is 2. The van der Waals surface area contributed by atoms with Crippen molar-refractivity contribution >= 4 is 45.6 Å². The molecule has 0 saturated heterocycles. The fourth-order valence-electron chi connectivity index (χ4n) is 3.30. The third-order valence-electron chi connectivity index (χ3n) is 4.70. The van der Waals surface area contributed by atoms with Gasteiger partial charge in [-0.3, -0.25) is 9.69 Å². The quantitative estimate of drug-likeness (QED) is 0.604. The van der Waals surface area contributed by atoms with E-state index >= 15 is 0 Å². The number of nitrogens with one attached hydrogen (secondary N) is 1. The van der Waals surface area contributed by atoms with Gasteiger partial charge in [0, 0.05) is 41.0 Å². The number of hydrogen-bond donors (Lipinski definition) is 1. The molecule has 0 atom stereocenters. The monoisotopic (exact) mass is 431 g/mol. The zero-order valence-electron chi connectivity index (χ0n) is 15.1. The minimum atomic E-state index is -0.165. The summed E-state index contributed by atoms with van der Waals surface area (Å²) < 4.78 is 0. The summed E-state index contributed by atoms with van der Waals surface area (Å²) in [5.74, 6) is -0.165. The summed E-state index contributed by atoms with van der Waals surface area (Å²) in [6.07, 6.45) is 1.02. The van der Waals surface area contributed by atoms with Gasteiger partial charge in [-0.15, -0.1) is 11.3 Å². The number of carbonyl (C=O) groups excluding carboxylic acids is 1. The molecule has 4 nitrogen and oxygen atoms in total. The van der Waals surface area contributed by atoms with Gasteiger partial charge in [0.1, 0.15) is 0 Å². The Morgan fingerprint density at radius 3 is 2.61 bits per heavy atom. The Hall–Kier alpha value is -1.92. The lowest BCUT2D eigenvalue weighted by atomic mass is 10.1. The fourth-order valence-corrected chi connectivity index (χ4v) is 4.90. The highest BCUT2D eigenvalue weighted by Crippen LogP contribution is 2.30. The van der Waals surface area contributed by atoms with Crippen LogP contribution in [0.25, 0.3) is 0 Å². The van der Waals surface area contributed by atoms with E-state index in [1.54, 1.807) is 29.5 Å². The highest BCUT2D eigenvalue weighted by atomic mass is 35.5. The van der Waals surface area contributed by atoms with Crippen LogP contribution in [0.2, 0.25) is 10.0 Å². The van der Waals surface area contributed by atoms with E-state index in [1.807, 2.05) is 6.07 Å². The van der Waals surface area contributed by atoms with Crippen molar-refractivity contribution in [2.45, 2.75) is 25.9 Å². The van der Waals surface area contributed by atoms with E-state index in [2.05, 4.69) is 39.5 Å². The minimum Gasteiger partial charge on any atom is -0.302 e. The van der Waals surface area contributed by atoms with Crippen molar-refractivity contribution in [2.24, 2.45) is 0 Å². The maximum atomic E-state index is 12.4. The molecule has 4 rings (SSSR count). The van der Waals surface area contributed by atoms with E-state index in [0.717, 1.165) is 31.7 Å². The van der Waals surface area contributed by atoms with Gasteiger partial charge in [0.2, 0.25) is 5.91 Å². The van der Waals surface area contributed by atoms with Gasteiger partial charge in [0.15, 0.2) is 5.13 Å². The molecule has 1 N–H and O–H groups in total. The van der Waals surface area contributed by atoms with Crippen LogP contribution in [0.15, 0.2) is 48.5 Å². The number of aromatic nitrogens is 1. The molecule has 0 saturated carbocycles. The molecule has 0 unspecified atom stereocenters. The second kappa shape index (κ2) is 8.62. The molecule has 0 radical (unpaired) electrons. The van der Waals surface area contributed by atoms with E-state index < -0.39 is 0 Å². The first-order valence-electron chi connectivity index (χ1n) is 9.06. The molecule has 1 aromatic heterocycles. The van der Waals surface area contributed by atoms with Gasteiger partial charge in [-0.25, -0.2) is 4.98 Å². The topological polar surface area (TPSA) is 45.2 Å². The number of fused-ring (bicyclic) bond motifs is 1. The molecule has 0 fully saturated rings. The Labute approximate surface area is 178 Å². The molecule has 0 spiro atoms. The third kappa shape index (κ3) is 4.55. The molecule has 2 heterocycles. The van der Waals surface area contributed by atoms with Crippen LogP contribution in [0.1, 0.15) is 21.7 Å². The predicted molar refractivity (Wildman–Crippen MR) is 115 cm³/mol. The second-order valence-corrected chi connectivity index (χ2v) is 8.66. The molecule has 144 valence electrons. The van der Waals surface area contributed by atoms with Crippen LogP contribution >= 0.6 is 34.5 Å². The van der Waals surface area contributed by atoms with Crippen LogP contribution in [-0.2, 0) is 30.7 Å². The lowest BCUT2D eigenvalue weighted by molar-refractivity contribution is -0.115. The second-order valence-electron chi connectivity index (χ2n) is 6.76. The fraction of sp³-hybridized carbons (Fsp3) is 0.238. The summed E-state index contributed by atoms with van der Waals surface area (Å²) in [5.41, 5.74) is 3.03. The molecular formula is C21H19Cl2N3OS. The van der Waals surface area contributed by atoms with Crippen molar-refractivity contribution in [3.63, 3.8) is 0 Å². The average Bonchev–Trinajstić information content (AvgIpc) is 3.07. The average molecular weight is 432 g/mol. The predicted octanol–water partition coefficient (Wildman–Crippen LogP) is 5.19. The van der Waals surface area contributed by atoms with Crippen molar-refractivity contribution in [3.8, 4) is 0 Å². The maximum absolute atomic E-state index is 12.4. The molecule has 28 heavy (non-hydrogen) atoms. The van der Waals surface area contributed by atoms with E-state index in [0.29, 0.717) is 20.7 Å². The maximum Gasteiger partial charge on any atom is 0.230 e. The van der Waals surface area contributed by atoms with Gasteiger partial charge >= 0.3 is 0 Å². The molecule has 0 aliphatic carbocycles. The summed E-state index contributed by atoms with van der Waals surface area (Å²) in [7, 11) is 0. The molecule has 1 aliphatic heterocycles. The van der Waals surface area contributed by atoms with Crippen molar-refractivity contribution in [2.75, 3.05) is 11.9 Å². The number of hydrogen-bond acceptors (Lipinski definition) is 4. The number of halogens is 2. The lowest BCUT2D eigenvalue weighted by Crippen LogP contribution is -2.29. The number of rotatable bonds is 5. The summed E-state index contributed by atoms with van der Waals surface area (Å²) in [6.45, 7) is 2.74. The Morgan fingerprint density at radius 2 is 1.86 bits per heavy atom. The van der Waals surface area contributed by atoms with Crippen LogP contribution < -0.4 is 5.32 Å². The van der Waals surface area contributed by atoms with E-state index in [9.17, 15) is 4.79 Å². The molecule has 2 aromatic carbocycles. The third-order valence-corrected chi connectivity index (χ3v) is 6.41. The highest BCUT2D eigenvalue weighted by Gasteiger charge is 2.22. The Balaban J connectivity index is 1.39. The van der Waals surface area contributed by atoms with Gasteiger partial charge in [0.25, 0.3) is 0 Å². The number of amides is 1. The summed E-state index contributed by atoms with van der Waals surface area (Å²) >= 11 is 13.9. The van der Waals surface area contributed by atoms with Crippen molar-refractivity contribution in [3.05, 3.63) is 80.3 Å². The zero-order valence-corrected chi connectivity index (χ0v) is 17.4. The molecule has 7 heteroatoms. The van der Waals surface area contributed by atoms with Crippen molar-refractivity contribution in [1.29, 1.82) is 0 Å². The van der Waals surface area contributed by atoms with Crippen LogP contribution in [0.3, 0.4) is 0 Å². The highest BCUT2D eigenvalue weighted by molar-refractivity contribution is 7.15. The summed E-state index contributed by atoms with van der Waals surface area (Å²) in [4.78, 5) is 20.7. The number of thiazole rings is 1. The lowest BCUT2D eigenvalue weighted by Gasteiger charge is -2.25. The first-order valence-corrected chi connectivity index (χ1v) is 10.6. The van der Waals surface area contributed by atoms with Gasteiger partial charge in [-0.2, -0.15) is 0 Å². The molecule has 1 aliphatic rings. The number of carbonyl (C=O) groups is 1.